The number of benzene rings is 1. The molecule has 0 saturated carbocycles. The molecule has 5 heteroatoms. The average Bonchev–Trinajstić information content (AvgIpc) is 3.10. The molecule has 1 amide bonds. The van der Waals surface area contributed by atoms with Crippen LogP contribution in [0.4, 0.5) is 11.4 Å². The molecule has 4 rings (SSSR count). The molecule has 0 radical (unpaired) electrons. The molecular weight excluding hydrogens is 276 g/mol. The Kier molecular flexibility index (Phi) is 2.85. The average molecular weight is 292 g/mol. The topological polar surface area (TPSA) is 59.0 Å². The molecule has 1 atom stereocenters. The Morgan fingerprint density at radius 1 is 1.41 bits per heavy atom. The van der Waals surface area contributed by atoms with Gasteiger partial charge in [0.2, 0.25) is 5.91 Å². The number of carbonyl (C=O) groups excluding carboxylic acids is 1. The highest BCUT2D eigenvalue weighted by Gasteiger charge is 2.27. The van der Waals surface area contributed by atoms with E-state index in [0.29, 0.717) is 6.42 Å². The van der Waals surface area contributed by atoms with Crippen LogP contribution in [0.25, 0.3) is 10.9 Å². The van der Waals surface area contributed by atoms with E-state index in [2.05, 4.69) is 38.4 Å². The van der Waals surface area contributed by atoms with Crippen molar-refractivity contribution in [2.75, 3.05) is 10.6 Å². The van der Waals surface area contributed by atoms with Gasteiger partial charge >= 0.3 is 0 Å². The van der Waals surface area contributed by atoms with Crippen LogP contribution in [0.1, 0.15) is 5.56 Å². The Morgan fingerprint density at radius 2 is 2.32 bits per heavy atom. The lowest BCUT2D eigenvalue weighted by Gasteiger charge is -2.11. The molecule has 3 heterocycles. The zero-order valence-corrected chi connectivity index (χ0v) is 12.2. The van der Waals surface area contributed by atoms with Crippen molar-refractivity contribution in [3.05, 3.63) is 54.5 Å². The molecule has 1 aliphatic rings. The second kappa shape index (κ2) is 4.87. The maximum atomic E-state index is 12.4. The van der Waals surface area contributed by atoms with Crippen LogP contribution in [0.15, 0.2) is 48.9 Å². The molecular formula is C17H16N4O. The third kappa shape index (κ3) is 2.11. The summed E-state index contributed by atoms with van der Waals surface area (Å²) in [4.78, 5) is 16.4. The second-order valence-electron chi connectivity index (χ2n) is 5.63. The van der Waals surface area contributed by atoms with E-state index in [0.717, 1.165) is 11.4 Å². The van der Waals surface area contributed by atoms with E-state index >= 15 is 0 Å². The molecule has 0 fully saturated rings. The fraction of sp³-hybridized carbons (Fsp3) is 0.176. The third-order valence-electron chi connectivity index (χ3n) is 4.11. The molecule has 0 spiro atoms. The lowest BCUT2D eigenvalue weighted by atomic mass is 10.1. The number of hydrogen-bond donors (Lipinski definition) is 2. The van der Waals surface area contributed by atoms with Crippen LogP contribution in [0.3, 0.4) is 0 Å². The number of fused-ring (bicyclic) bond motifs is 2. The number of rotatable bonds is 2. The van der Waals surface area contributed by atoms with Crippen LogP contribution in [-0.2, 0) is 18.3 Å². The molecule has 110 valence electrons. The Balaban J connectivity index is 1.56. The molecule has 0 aliphatic carbocycles. The van der Waals surface area contributed by atoms with E-state index in [9.17, 15) is 4.79 Å². The lowest BCUT2D eigenvalue weighted by molar-refractivity contribution is -0.116. The van der Waals surface area contributed by atoms with Crippen molar-refractivity contribution in [3.8, 4) is 0 Å². The number of aryl methyl sites for hydroxylation is 1. The smallest absolute Gasteiger partial charge is 0.247 e. The number of hydrogen-bond acceptors (Lipinski definition) is 3. The summed E-state index contributed by atoms with van der Waals surface area (Å²) in [6, 6.07) is 9.75. The number of aromatic nitrogens is 2. The van der Waals surface area contributed by atoms with Crippen LogP contribution in [0.5, 0.6) is 0 Å². The number of carbonyl (C=O) groups is 1. The van der Waals surface area contributed by atoms with Crippen molar-refractivity contribution in [2.45, 2.75) is 12.5 Å². The van der Waals surface area contributed by atoms with Gasteiger partial charge in [-0.15, -0.1) is 0 Å². The molecule has 0 bridgehead atoms. The van der Waals surface area contributed by atoms with E-state index < -0.39 is 0 Å². The molecule has 2 N–H and O–H groups in total. The highest BCUT2D eigenvalue weighted by atomic mass is 16.2. The molecule has 1 aromatic carbocycles. The maximum absolute atomic E-state index is 12.4. The van der Waals surface area contributed by atoms with Gasteiger partial charge in [-0.3, -0.25) is 9.78 Å². The Hall–Kier alpha value is -2.82. The van der Waals surface area contributed by atoms with Crippen molar-refractivity contribution in [1.82, 2.24) is 9.55 Å². The van der Waals surface area contributed by atoms with Crippen molar-refractivity contribution in [2.24, 2.45) is 7.05 Å². The first-order valence-corrected chi connectivity index (χ1v) is 7.26. The standard InChI is InChI=1S/C17H16N4O/c1-21-6-4-11-7-14-12(9-16(11)21)8-15(20-14)17(22)19-13-3-2-5-18-10-13/h2-7,9-10,15,20H,8H2,1H3,(H,19,22). The van der Waals surface area contributed by atoms with Gasteiger partial charge in [-0.1, -0.05) is 0 Å². The van der Waals surface area contributed by atoms with Crippen molar-refractivity contribution >= 4 is 28.2 Å². The minimum atomic E-state index is -0.244. The largest absolute Gasteiger partial charge is 0.373 e. The number of nitrogens with zero attached hydrogens (tertiary/aromatic N) is 2. The fourth-order valence-corrected chi connectivity index (χ4v) is 2.95. The number of anilines is 2. The summed E-state index contributed by atoms with van der Waals surface area (Å²) in [6.07, 6.45) is 6.08. The summed E-state index contributed by atoms with van der Waals surface area (Å²) in [5.74, 6) is -0.0340. The molecule has 3 aromatic rings. The summed E-state index contributed by atoms with van der Waals surface area (Å²) in [6.45, 7) is 0. The van der Waals surface area contributed by atoms with Gasteiger partial charge in [0.05, 0.1) is 11.9 Å². The van der Waals surface area contributed by atoms with Crippen molar-refractivity contribution < 1.29 is 4.79 Å². The highest BCUT2D eigenvalue weighted by molar-refractivity contribution is 5.99. The molecule has 1 aliphatic heterocycles. The molecule has 5 nitrogen and oxygen atoms in total. The van der Waals surface area contributed by atoms with E-state index in [4.69, 9.17) is 0 Å². The first-order valence-electron chi connectivity index (χ1n) is 7.26. The van der Waals surface area contributed by atoms with E-state index in [1.54, 1.807) is 18.5 Å². The molecule has 0 saturated heterocycles. The van der Waals surface area contributed by atoms with Gasteiger partial charge in [-0.2, -0.15) is 0 Å². The Labute approximate surface area is 128 Å². The lowest BCUT2D eigenvalue weighted by Crippen LogP contribution is -2.32. The minimum absolute atomic E-state index is 0.0340. The van der Waals surface area contributed by atoms with Crippen LogP contribution in [0, 0.1) is 0 Å². The van der Waals surface area contributed by atoms with Crippen LogP contribution >= 0.6 is 0 Å². The van der Waals surface area contributed by atoms with Crippen molar-refractivity contribution in [3.63, 3.8) is 0 Å². The molecule has 2 aromatic heterocycles. The summed E-state index contributed by atoms with van der Waals surface area (Å²) >= 11 is 0. The predicted octanol–water partition coefficient (Wildman–Crippen LogP) is 2.55. The van der Waals surface area contributed by atoms with Gasteiger partial charge in [0.25, 0.3) is 0 Å². The number of amides is 1. The van der Waals surface area contributed by atoms with Crippen molar-refractivity contribution in [1.29, 1.82) is 0 Å². The fourth-order valence-electron chi connectivity index (χ4n) is 2.95. The monoisotopic (exact) mass is 292 g/mol. The quantitative estimate of drug-likeness (QED) is 0.763. The maximum Gasteiger partial charge on any atom is 0.247 e. The van der Waals surface area contributed by atoms with Crippen LogP contribution < -0.4 is 10.6 Å². The summed E-state index contributed by atoms with van der Waals surface area (Å²) < 4.78 is 2.10. The molecule has 1 unspecified atom stereocenters. The van der Waals surface area contributed by atoms with Crippen LogP contribution in [0.2, 0.25) is 0 Å². The first-order chi connectivity index (χ1) is 10.7. The first kappa shape index (κ1) is 12.9. The zero-order chi connectivity index (χ0) is 15.1. The normalized spacial score (nSPS) is 16.3. The highest BCUT2D eigenvalue weighted by Crippen LogP contribution is 2.31. The van der Waals surface area contributed by atoms with Gasteiger partial charge in [-0.25, -0.2) is 0 Å². The second-order valence-corrected chi connectivity index (χ2v) is 5.63. The minimum Gasteiger partial charge on any atom is -0.373 e. The third-order valence-corrected chi connectivity index (χ3v) is 4.11. The SMILES string of the molecule is Cn1ccc2cc3c(cc21)CC(C(=O)Nc1cccnc1)N3. The predicted molar refractivity (Wildman–Crippen MR) is 86.9 cm³/mol. The van der Waals surface area contributed by atoms with Gasteiger partial charge in [0, 0.05) is 42.5 Å². The Morgan fingerprint density at radius 3 is 3.14 bits per heavy atom. The Bertz CT molecular complexity index is 854. The number of pyridine rings is 1. The van der Waals surface area contributed by atoms with E-state index in [1.807, 2.05) is 19.3 Å². The summed E-state index contributed by atoms with van der Waals surface area (Å²) in [7, 11) is 2.03. The van der Waals surface area contributed by atoms with Crippen LogP contribution in [-0.4, -0.2) is 21.5 Å². The zero-order valence-electron chi connectivity index (χ0n) is 12.2. The van der Waals surface area contributed by atoms with Gasteiger partial charge < -0.3 is 15.2 Å². The van der Waals surface area contributed by atoms with Gasteiger partial charge in [0.1, 0.15) is 6.04 Å². The summed E-state index contributed by atoms with van der Waals surface area (Å²) in [5, 5.41) is 7.39. The summed E-state index contributed by atoms with van der Waals surface area (Å²) in [5.41, 5.74) is 4.13. The molecule has 22 heavy (non-hydrogen) atoms. The van der Waals surface area contributed by atoms with Gasteiger partial charge in [0.15, 0.2) is 0 Å². The van der Waals surface area contributed by atoms with E-state index in [1.165, 1.54) is 16.5 Å². The number of nitrogens with one attached hydrogen (secondary N) is 2. The van der Waals surface area contributed by atoms with E-state index in [-0.39, 0.29) is 11.9 Å². The van der Waals surface area contributed by atoms with Gasteiger partial charge in [-0.05, 0) is 35.9 Å².